The highest BCUT2D eigenvalue weighted by Crippen LogP contribution is 2.21. The van der Waals surface area contributed by atoms with Crippen LogP contribution in [0.2, 0.25) is 0 Å². The van der Waals surface area contributed by atoms with Gasteiger partial charge in [-0.1, -0.05) is 56.7 Å². The Morgan fingerprint density at radius 3 is 2.57 bits per heavy atom. The maximum atomic E-state index is 12.3. The molecular formula is C36H55N7O3. The second-order valence-corrected chi connectivity index (χ2v) is 12.4. The van der Waals surface area contributed by atoms with Gasteiger partial charge in [-0.2, -0.15) is 0 Å². The van der Waals surface area contributed by atoms with E-state index >= 15 is 0 Å². The fraction of sp³-hybridized carbons (Fsp3) is 0.611. The van der Waals surface area contributed by atoms with Crippen molar-refractivity contribution in [3.05, 3.63) is 54.0 Å². The van der Waals surface area contributed by atoms with Crippen molar-refractivity contribution >= 4 is 28.5 Å². The smallest absolute Gasteiger partial charge is 0.326 e. The summed E-state index contributed by atoms with van der Waals surface area (Å²) in [6, 6.07) is 11.3. The van der Waals surface area contributed by atoms with Gasteiger partial charge in [0.15, 0.2) is 0 Å². The summed E-state index contributed by atoms with van der Waals surface area (Å²) < 4.78 is 6.03. The largest absolute Gasteiger partial charge is 0.480 e. The fourth-order valence-corrected chi connectivity index (χ4v) is 6.04. The third kappa shape index (κ3) is 12.5. The summed E-state index contributed by atoms with van der Waals surface area (Å²) >= 11 is 0. The van der Waals surface area contributed by atoms with Gasteiger partial charge in [-0.25, -0.2) is 19.7 Å². The number of carboxylic acids is 1. The Kier molecular flexibility index (Phi) is 16.0. The highest BCUT2D eigenvalue weighted by molar-refractivity contribution is 5.90. The number of aliphatic carboxylic acids is 1. The second kappa shape index (κ2) is 20.7. The highest BCUT2D eigenvalue weighted by atomic mass is 16.5. The molecule has 3 aromatic rings. The van der Waals surface area contributed by atoms with Gasteiger partial charge in [-0.05, 0) is 88.2 Å². The van der Waals surface area contributed by atoms with Gasteiger partial charge >= 0.3 is 5.97 Å². The molecule has 10 heteroatoms. The van der Waals surface area contributed by atoms with Crippen LogP contribution in [-0.2, 0) is 22.4 Å². The van der Waals surface area contributed by atoms with E-state index in [0.717, 1.165) is 100 Å². The number of hydrogen-bond donors (Lipinski definition) is 4. The third-order valence-corrected chi connectivity index (χ3v) is 8.79. The first-order valence-corrected chi connectivity index (χ1v) is 17.6. The molecule has 0 saturated carbocycles. The average Bonchev–Trinajstić information content (AvgIpc) is 3.08. The van der Waals surface area contributed by atoms with Gasteiger partial charge in [0, 0.05) is 37.3 Å². The molecule has 0 amide bonds. The van der Waals surface area contributed by atoms with Crippen LogP contribution in [-0.4, -0.2) is 82.9 Å². The number of carboxylic acid groups (broad SMARTS) is 1. The summed E-state index contributed by atoms with van der Waals surface area (Å²) in [6.45, 7) is 5.55. The van der Waals surface area contributed by atoms with Crippen molar-refractivity contribution in [2.45, 2.75) is 95.9 Å². The van der Waals surface area contributed by atoms with Gasteiger partial charge in [0.05, 0.1) is 12.1 Å². The minimum absolute atomic E-state index is 0.455. The summed E-state index contributed by atoms with van der Waals surface area (Å²) in [4.78, 5) is 28.1. The molecule has 0 spiro atoms. The predicted octanol–water partition coefficient (Wildman–Crippen LogP) is 6.06. The summed E-state index contributed by atoms with van der Waals surface area (Å²) in [5, 5.41) is 17.5. The number of para-hydroxylation sites is 1. The molecule has 0 aliphatic carbocycles. The van der Waals surface area contributed by atoms with Crippen LogP contribution in [0.25, 0.3) is 10.9 Å². The Morgan fingerprint density at radius 2 is 1.74 bits per heavy atom. The summed E-state index contributed by atoms with van der Waals surface area (Å²) in [7, 11) is 0. The number of nitrogens with two attached hydrogens (primary N) is 1. The molecule has 0 bridgehead atoms. The number of rotatable bonds is 24. The van der Waals surface area contributed by atoms with E-state index in [-0.39, 0.29) is 0 Å². The van der Waals surface area contributed by atoms with Gasteiger partial charge in [-0.15, -0.1) is 0 Å². The van der Waals surface area contributed by atoms with Crippen molar-refractivity contribution in [3.63, 3.8) is 0 Å². The molecule has 1 atom stereocenters. The van der Waals surface area contributed by atoms with E-state index in [4.69, 9.17) is 15.5 Å². The molecule has 252 valence electrons. The molecule has 1 aromatic carbocycles. The Labute approximate surface area is 274 Å². The zero-order valence-corrected chi connectivity index (χ0v) is 27.6. The van der Waals surface area contributed by atoms with E-state index in [1.54, 1.807) is 0 Å². The van der Waals surface area contributed by atoms with E-state index in [0.29, 0.717) is 25.4 Å². The molecule has 1 aliphatic heterocycles. The van der Waals surface area contributed by atoms with Crippen molar-refractivity contribution in [2.75, 3.05) is 56.6 Å². The van der Waals surface area contributed by atoms with Crippen molar-refractivity contribution in [1.82, 2.24) is 19.9 Å². The number of carbonyl (C=O) groups is 1. The molecule has 2 aromatic heterocycles. The molecule has 0 unspecified atom stereocenters. The Morgan fingerprint density at radius 1 is 0.935 bits per heavy atom. The first kappa shape index (κ1) is 35.5. The Hall–Kier alpha value is -3.34. The van der Waals surface area contributed by atoms with Gasteiger partial charge in [0.2, 0.25) is 0 Å². The number of aryl methyl sites for hydroxylation is 2. The number of nitrogens with one attached hydrogen (secondary N) is 2. The first-order valence-electron chi connectivity index (χ1n) is 17.6. The van der Waals surface area contributed by atoms with Gasteiger partial charge < -0.3 is 31.1 Å². The zero-order valence-electron chi connectivity index (χ0n) is 27.6. The number of hydrogen-bond acceptors (Lipinski definition) is 9. The lowest BCUT2D eigenvalue weighted by Crippen LogP contribution is -2.37. The van der Waals surface area contributed by atoms with Crippen LogP contribution >= 0.6 is 0 Å². The standard InChI is InChI=1S/C36H55N7O3/c37-21-10-5-3-1-2-4-6-12-26-46-27-25-43(23-11-9-15-30-19-18-29-14-13-22-38-34(29)41-30)24-20-33(36(44)45)42-35-31-16-7-8-17-32(31)39-28-40-35/h7-8,16-19,28,33H,1-6,9-15,20-27,37H2,(H,38,41)(H,44,45)(H,39,40,42)/t33-/m0/s1. The number of fused-ring (bicyclic) bond motifs is 2. The fourth-order valence-electron chi connectivity index (χ4n) is 6.04. The number of unbranched alkanes of at least 4 members (excludes halogenated alkanes) is 8. The van der Waals surface area contributed by atoms with Crippen LogP contribution in [0.3, 0.4) is 0 Å². The number of anilines is 2. The van der Waals surface area contributed by atoms with E-state index < -0.39 is 12.0 Å². The molecule has 5 N–H and O–H groups in total. The van der Waals surface area contributed by atoms with Crippen LogP contribution in [0.5, 0.6) is 0 Å². The molecule has 3 heterocycles. The lowest BCUT2D eigenvalue weighted by atomic mass is 10.1. The topological polar surface area (TPSA) is 139 Å². The molecule has 0 fully saturated rings. The quantitative estimate of drug-likeness (QED) is 0.0861. The summed E-state index contributed by atoms with van der Waals surface area (Å²) in [6.07, 6.45) is 17.0. The molecule has 4 rings (SSSR count). The first-order chi connectivity index (χ1) is 22.6. The van der Waals surface area contributed by atoms with Crippen molar-refractivity contribution < 1.29 is 14.6 Å². The molecule has 10 nitrogen and oxygen atoms in total. The number of nitrogens with zero attached hydrogens (tertiary/aromatic N) is 4. The van der Waals surface area contributed by atoms with E-state index in [9.17, 15) is 9.90 Å². The normalized spacial score (nSPS) is 13.4. The van der Waals surface area contributed by atoms with Crippen LogP contribution in [0.4, 0.5) is 11.6 Å². The average molecular weight is 634 g/mol. The predicted molar refractivity (Wildman–Crippen MR) is 186 cm³/mol. The van der Waals surface area contributed by atoms with Crippen molar-refractivity contribution in [1.29, 1.82) is 0 Å². The van der Waals surface area contributed by atoms with Crippen LogP contribution in [0.15, 0.2) is 42.7 Å². The third-order valence-electron chi connectivity index (χ3n) is 8.79. The molecule has 0 saturated heterocycles. The van der Waals surface area contributed by atoms with E-state index in [1.807, 2.05) is 24.3 Å². The maximum Gasteiger partial charge on any atom is 0.326 e. The van der Waals surface area contributed by atoms with Crippen molar-refractivity contribution in [3.8, 4) is 0 Å². The lowest BCUT2D eigenvalue weighted by molar-refractivity contribution is -0.138. The number of pyridine rings is 1. The van der Waals surface area contributed by atoms with Gasteiger partial charge in [0.1, 0.15) is 24.0 Å². The monoisotopic (exact) mass is 633 g/mol. The maximum absolute atomic E-state index is 12.3. The minimum Gasteiger partial charge on any atom is -0.480 e. The molecule has 0 radical (unpaired) electrons. The van der Waals surface area contributed by atoms with Crippen LogP contribution in [0.1, 0.15) is 88.3 Å². The Balaban J connectivity index is 1.23. The van der Waals surface area contributed by atoms with Crippen LogP contribution < -0.4 is 16.4 Å². The number of benzene rings is 1. The number of aromatic nitrogens is 3. The van der Waals surface area contributed by atoms with Crippen molar-refractivity contribution in [2.24, 2.45) is 5.73 Å². The highest BCUT2D eigenvalue weighted by Gasteiger charge is 2.20. The van der Waals surface area contributed by atoms with Gasteiger partial charge in [-0.3, -0.25) is 0 Å². The number of ether oxygens (including phenoxy) is 1. The van der Waals surface area contributed by atoms with Crippen LogP contribution in [0, 0.1) is 0 Å². The summed E-state index contributed by atoms with van der Waals surface area (Å²) in [5.74, 6) is 0.717. The van der Waals surface area contributed by atoms with Gasteiger partial charge in [0.25, 0.3) is 0 Å². The second-order valence-electron chi connectivity index (χ2n) is 12.4. The zero-order chi connectivity index (χ0) is 32.2. The summed E-state index contributed by atoms with van der Waals surface area (Å²) in [5.41, 5.74) is 8.81. The lowest BCUT2D eigenvalue weighted by Gasteiger charge is -2.25. The Bertz CT molecular complexity index is 1300. The molecule has 1 aliphatic rings. The van der Waals surface area contributed by atoms with E-state index in [1.165, 1.54) is 50.4 Å². The molecule has 46 heavy (non-hydrogen) atoms. The van der Waals surface area contributed by atoms with E-state index in [2.05, 4.69) is 37.6 Å². The minimum atomic E-state index is -0.884. The molecular weight excluding hydrogens is 578 g/mol. The SMILES string of the molecule is NCCCCCCCCCCOCCN(CCCCc1ccc2c(n1)NCCC2)CC[C@H](Nc1ncnc2ccccc12)C(=O)O.